The third-order valence-corrected chi connectivity index (χ3v) is 3.12. The summed E-state index contributed by atoms with van der Waals surface area (Å²) in [5.41, 5.74) is 3.29. The van der Waals surface area contributed by atoms with Crippen molar-refractivity contribution in [3.63, 3.8) is 0 Å². The Morgan fingerprint density at radius 1 is 1.27 bits per heavy atom. The largest absolute Gasteiger partial charge is 0.390 e. The smallest absolute Gasteiger partial charge is 0.0659 e. The van der Waals surface area contributed by atoms with Crippen LogP contribution in [-0.4, -0.2) is 10.7 Å². The van der Waals surface area contributed by atoms with Gasteiger partial charge in [-0.15, -0.1) is 0 Å². The highest BCUT2D eigenvalue weighted by atomic mass is 16.3. The van der Waals surface area contributed by atoms with Gasteiger partial charge in [-0.05, 0) is 43.7 Å². The average molecular weight is 202 g/mol. The van der Waals surface area contributed by atoms with Gasteiger partial charge in [-0.3, -0.25) is 0 Å². The molecule has 0 saturated heterocycles. The van der Waals surface area contributed by atoms with E-state index in [0.29, 0.717) is 0 Å². The molecule has 1 unspecified atom stereocenters. The van der Waals surface area contributed by atoms with Crippen molar-refractivity contribution in [3.05, 3.63) is 47.5 Å². The molecule has 0 aromatic heterocycles. The van der Waals surface area contributed by atoms with Gasteiger partial charge in [0.2, 0.25) is 0 Å². The van der Waals surface area contributed by atoms with Gasteiger partial charge in [0.1, 0.15) is 0 Å². The molecular formula is C14H18O. The molecule has 1 nitrogen and oxygen atoms in total. The van der Waals surface area contributed by atoms with Gasteiger partial charge in [0.05, 0.1) is 5.60 Å². The Labute approximate surface area is 91.4 Å². The molecule has 0 amide bonds. The molecular weight excluding hydrogens is 184 g/mol. The molecule has 80 valence electrons. The Kier molecular flexibility index (Phi) is 2.66. The molecule has 1 heteroatoms. The maximum absolute atomic E-state index is 10.1. The van der Waals surface area contributed by atoms with E-state index in [1.54, 1.807) is 0 Å². The van der Waals surface area contributed by atoms with E-state index in [-0.39, 0.29) is 0 Å². The molecule has 0 aliphatic heterocycles. The van der Waals surface area contributed by atoms with Crippen LogP contribution >= 0.6 is 0 Å². The zero-order chi connectivity index (χ0) is 10.9. The van der Waals surface area contributed by atoms with Crippen molar-refractivity contribution in [2.24, 2.45) is 0 Å². The summed E-state index contributed by atoms with van der Waals surface area (Å²) >= 11 is 0. The summed E-state index contributed by atoms with van der Waals surface area (Å²) in [7, 11) is 0. The molecule has 2 rings (SSSR count). The van der Waals surface area contributed by atoms with Gasteiger partial charge in [0.15, 0.2) is 0 Å². The van der Waals surface area contributed by atoms with Gasteiger partial charge in [-0.2, -0.15) is 0 Å². The lowest BCUT2D eigenvalue weighted by atomic mass is 9.83. The van der Waals surface area contributed by atoms with E-state index in [9.17, 15) is 5.11 Å². The molecule has 0 radical (unpaired) electrons. The fraction of sp³-hybridized carbons (Fsp3) is 0.429. The summed E-state index contributed by atoms with van der Waals surface area (Å²) in [6, 6.07) is 8.47. The minimum Gasteiger partial charge on any atom is -0.390 e. The molecule has 0 heterocycles. The molecule has 0 spiro atoms. The lowest BCUT2D eigenvalue weighted by molar-refractivity contribution is 0.0502. The number of fused-ring (bicyclic) bond motifs is 1. The number of hydrogen-bond donors (Lipinski definition) is 1. The van der Waals surface area contributed by atoms with Crippen LogP contribution in [0.15, 0.2) is 36.4 Å². The van der Waals surface area contributed by atoms with Crippen LogP contribution in [0.2, 0.25) is 0 Å². The second-order valence-electron chi connectivity index (χ2n) is 4.87. The standard InChI is InChI=1S/C14H18O/c1-11-9-13-6-4-3-5-12(13)7-8-14(2,15)10-11/h3-6,15H,1,7-10H2,2H3. The highest BCUT2D eigenvalue weighted by Gasteiger charge is 2.24. The fourth-order valence-electron chi connectivity index (χ4n) is 2.34. The quantitative estimate of drug-likeness (QED) is 0.641. The summed E-state index contributed by atoms with van der Waals surface area (Å²) in [5.74, 6) is 0. The first-order valence-corrected chi connectivity index (χ1v) is 5.53. The third-order valence-electron chi connectivity index (χ3n) is 3.12. The Morgan fingerprint density at radius 2 is 1.93 bits per heavy atom. The molecule has 0 fully saturated rings. The predicted molar refractivity (Wildman–Crippen MR) is 62.8 cm³/mol. The molecule has 0 saturated carbocycles. The second-order valence-corrected chi connectivity index (χ2v) is 4.87. The van der Waals surface area contributed by atoms with Crippen LogP contribution in [0.25, 0.3) is 0 Å². The summed E-state index contributed by atoms with van der Waals surface area (Å²) in [6.45, 7) is 5.96. The van der Waals surface area contributed by atoms with Crippen molar-refractivity contribution in [1.82, 2.24) is 0 Å². The number of aliphatic hydroxyl groups is 1. The van der Waals surface area contributed by atoms with Crippen molar-refractivity contribution in [2.75, 3.05) is 0 Å². The third kappa shape index (κ3) is 2.48. The van der Waals surface area contributed by atoms with E-state index in [0.717, 1.165) is 31.3 Å². The zero-order valence-corrected chi connectivity index (χ0v) is 9.29. The molecule has 0 bridgehead atoms. The van der Waals surface area contributed by atoms with E-state index in [1.165, 1.54) is 11.1 Å². The van der Waals surface area contributed by atoms with E-state index < -0.39 is 5.60 Å². The maximum Gasteiger partial charge on any atom is 0.0659 e. The topological polar surface area (TPSA) is 20.2 Å². The Bertz CT molecular complexity index is 377. The van der Waals surface area contributed by atoms with E-state index in [2.05, 4.69) is 30.8 Å². The molecule has 1 aromatic carbocycles. The minimum atomic E-state index is -0.579. The monoisotopic (exact) mass is 202 g/mol. The van der Waals surface area contributed by atoms with Gasteiger partial charge < -0.3 is 5.11 Å². The molecule has 1 aliphatic rings. The van der Waals surface area contributed by atoms with Crippen LogP contribution in [0.3, 0.4) is 0 Å². The van der Waals surface area contributed by atoms with E-state index >= 15 is 0 Å². The van der Waals surface area contributed by atoms with Gasteiger partial charge in [-0.1, -0.05) is 36.4 Å². The summed E-state index contributed by atoms with van der Waals surface area (Å²) < 4.78 is 0. The van der Waals surface area contributed by atoms with E-state index in [4.69, 9.17) is 0 Å². The van der Waals surface area contributed by atoms with Crippen LogP contribution in [0, 0.1) is 0 Å². The fourth-order valence-corrected chi connectivity index (χ4v) is 2.34. The minimum absolute atomic E-state index is 0.579. The normalized spacial score (nSPS) is 26.7. The predicted octanol–water partition coefficient (Wildman–Crippen LogP) is 2.87. The molecule has 1 aromatic rings. The number of aryl methyl sites for hydroxylation is 1. The summed E-state index contributed by atoms with van der Waals surface area (Å²) in [4.78, 5) is 0. The highest BCUT2D eigenvalue weighted by Crippen LogP contribution is 2.28. The van der Waals surface area contributed by atoms with Crippen LogP contribution in [0.4, 0.5) is 0 Å². The van der Waals surface area contributed by atoms with Gasteiger partial charge in [0.25, 0.3) is 0 Å². The lowest BCUT2D eigenvalue weighted by Gasteiger charge is -2.28. The highest BCUT2D eigenvalue weighted by molar-refractivity contribution is 5.32. The van der Waals surface area contributed by atoms with Crippen molar-refractivity contribution in [1.29, 1.82) is 0 Å². The lowest BCUT2D eigenvalue weighted by Crippen LogP contribution is -2.27. The number of hydrogen-bond acceptors (Lipinski definition) is 1. The Hall–Kier alpha value is -1.08. The van der Waals surface area contributed by atoms with Crippen LogP contribution in [0.1, 0.15) is 30.9 Å². The zero-order valence-electron chi connectivity index (χ0n) is 9.29. The first-order valence-electron chi connectivity index (χ1n) is 5.53. The first-order chi connectivity index (χ1) is 7.07. The molecule has 1 atom stereocenters. The SMILES string of the molecule is C=C1Cc2ccccc2CCC(C)(O)C1. The van der Waals surface area contributed by atoms with Crippen LogP contribution < -0.4 is 0 Å². The maximum atomic E-state index is 10.1. The number of rotatable bonds is 0. The van der Waals surface area contributed by atoms with Crippen molar-refractivity contribution < 1.29 is 5.11 Å². The second kappa shape index (κ2) is 3.82. The van der Waals surface area contributed by atoms with E-state index in [1.807, 2.05) is 6.92 Å². The van der Waals surface area contributed by atoms with Crippen LogP contribution in [0.5, 0.6) is 0 Å². The van der Waals surface area contributed by atoms with Crippen LogP contribution in [-0.2, 0) is 12.8 Å². The number of benzene rings is 1. The molecule has 1 N–H and O–H groups in total. The van der Waals surface area contributed by atoms with Gasteiger partial charge >= 0.3 is 0 Å². The molecule has 15 heavy (non-hydrogen) atoms. The first kappa shape index (κ1) is 10.4. The Morgan fingerprint density at radius 3 is 2.67 bits per heavy atom. The average Bonchev–Trinajstić information content (AvgIpc) is 2.13. The van der Waals surface area contributed by atoms with Gasteiger partial charge in [-0.25, -0.2) is 0 Å². The van der Waals surface area contributed by atoms with Crippen molar-refractivity contribution >= 4 is 0 Å². The van der Waals surface area contributed by atoms with Crippen molar-refractivity contribution in [2.45, 2.75) is 38.2 Å². The van der Waals surface area contributed by atoms with Crippen molar-refractivity contribution in [3.8, 4) is 0 Å². The summed E-state index contributed by atoms with van der Waals surface area (Å²) in [5, 5.41) is 10.1. The molecule has 1 aliphatic carbocycles. The van der Waals surface area contributed by atoms with Gasteiger partial charge in [0, 0.05) is 0 Å². The summed E-state index contributed by atoms with van der Waals surface area (Å²) in [6.07, 6.45) is 3.42. The Balaban J connectivity index is 2.31.